The maximum absolute atomic E-state index is 12.5. The molecule has 1 amide bonds. The molecule has 2 aromatic rings. The first-order chi connectivity index (χ1) is 11.2. The summed E-state index contributed by atoms with van der Waals surface area (Å²) in [7, 11) is 0. The van der Waals surface area contributed by atoms with E-state index in [-0.39, 0.29) is 5.91 Å². The Morgan fingerprint density at radius 1 is 1.26 bits per heavy atom. The van der Waals surface area contributed by atoms with E-state index in [1.807, 2.05) is 24.3 Å². The Labute approximate surface area is 134 Å². The molecule has 0 aliphatic heterocycles. The van der Waals surface area contributed by atoms with Gasteiger partial charge in [-0.1, -0.05) is 36.6 Å². The standard InChI is InChI=1S/C16H18N6O/c17-11-16(8-2-1-3-9-16)15(23)18-13-6-4-12(5-7-13)10-14-19-21-22-20-14/h4-7H,1-3,8-10H2,(H,18,23)(H,19,20,21,22). The lowest BCUT2D eigenvalue weighted by atomic mass is 9.74. The number of rotatable bonds is 4. The third kappa shape index (κ3) is 3.37. The highest BCUT2D eigenvalue weighted by atomic mass is 16.2. The maximum Gasteiger partial charge on any atom is 0.244 e. The maximum atomic E-state index is 12.5. The summed E-state index contributed by atoms with van der Waals surface area (Å²) in [5.74, 6) is 0.429. The van der Waals surface area contributed by atoms with Crippen LogP contribution in [0.4, 0.5) is 5.69 Å². The third-order valence-corrected chi connectivity index (χ3v) is 4.32. The van der Waals surface area contributed by atoms with Crippen LogP contribution in [0.3, 0.4) is 0 Å². The molecule has 1 fully saturated rings. The number of hydrogen-bond donors (Lipinski definition) is 2. The SMILES string of the molecule is N#CC1(C(=O)Nc2ccc(Cc3nn[nH]n3)cc2)CCCCC1. The van der Waals surface area contributed by atoms with Gasteiger partial charge in [-0.15, -0.1) is 10.2 Å². The van der Waals surface area contributed by atoms with E-state index >= 15 is 0 Å². The van der Waals surface area contributed by atoms with Crippen LogP contribution in [0.2, 0.25) is 0 Å². The Balaban J connectivity index is 1.65. The van der Waals surface area contributed by atoms with E-state index < -0.39 is 5.41 Å². The van der Waals surface area contributed by atoms with Crippen molar-refractivity contribution in [2.45, 2.75) is 38.5 Å². The number of H-pyrrole nitrogens is 1. The average Bonchev–Trinajstić information content (AvgIpc) is 3.10. The van der Waals surface area contributed by atoms with Gasteiger partial charge in [0.2, 0.25) is 5.91 Å². The highest BCUT2D eigenvalue weighted by molar-refractivity contribution is 5.97. The molecule has 7 nitrogen and oxygen atoms in total. The number of aromatic amines is 1. The molecule has 1 aliphatic rings. The number of benzene rings is 1. The predicted molar refractivity (Wildman–Crippen MR) is 83.2 cm³/mol. The van der Waals surface area contributed by atoms with Crippen molar-refractivity contribution < 1.29 is 4.79 Å². The molecule has 2 N–H and O–H groups in total. The number of nitrogens with one attached hydrogen (secondary N) is 2. The third-order valence-electron chi connectivity index (χ3n) is 4.32. The number of hydrogen-bond acceptors (Lipinski definition) is 5. The summed E-state index contributed by atoms with van der Waals surface area (Å²) in [6, 6.07) is 9.73. The number of anilines is 1. The summed E-state index contributed by atoms with van der Waals surface area (Å²) < 4.78 is 0. The molecule has 0 bridgehead atoms. The van der Waals surface area contributed by atoms with Gasteiger partial charge in [0.25, 0.3) is 0 Å². The Kier molecular flexibility index (Phi) is 4.33. The summed E-state index contributed by atoms with van der Waals surface area (Å²) in [4.78, 5) is 12.5. The smallest absolute Gasteiger partial charge is 0.244 e. The first-order valence-electron chi connectivity index (χ1n) is 7.76. The fourth-order valence-electron chi connectivity index (χ4n) is 2.94. The molecule has 0 spiro atoms. The summed E-state index contributed by atoms with van der Waals surface area (Å²) >= 11 is 0. The van der Waals surface area contributed by atoms with E-state index in [0.717, 1.165) is 24.8 Å². The van der Waals surface area contributed by atoms with Crippen LogP contribution in [0, 0.1) is 16.7 Å². The number of nitrogens with zero attached hydrogens (tertiary/aromatic N) is 4. The van der Waals surface area contributed by atoms with Crippen LogP contribution in [0.15, 0.2) is 24.3 Å². The Bertz CT molecular complexity index is 695. The van der Waals surface area contributed by atoms with Gasteiger partial charge in [-0.2, -0.15) is 10.5 Å². The van der Waals surface area contributed by atoms with Gasteiger partial charge in [0.05, 0.1) is 6.07 Å². The number of tetrazole rings is 1. The fourth-order valence-corrected chi connectivity index (χ4v) is 2.94. The molecular formula is C16H18N6O. The van der Waals surface area contributed by atoms with E-state index in [1.54, 1.807) is 0 Å². The monoisotopic (exact) mass is 310 g/mol. The van der Waals surface area contributed by atoms with E-state index in [0.29, 0.717) is 30.8 Å². The van der Waals surface area contributed by atoms with Gasteiger partial charge in [0.1, 0.15) is 5.41 Å². The van der Waals surface area contributed by atoms with Crippen LogP contribution >= 0.6 is 0 Å². The van der Waals surface area contributed by atoms with Crippen molar-refractivity contribution >= 4 is 11.6 Å². The number of carbonyl (C=O) groups excluding carboxylic acids is 1. The van der Waals surface area contributed by atoms with E-state index in [4.69, 9.17) is 0 Å². The first-order valence-corrected chi connectivity index (χ1v) is 7.76. The topological polar surface area (TPSA) is 107 Å². The number of amides is 1. The Morgan fingerprint density at radius 3 is 2.61 bits per heavy atom. The lowest BCUT2D eigenvalue weighted by molar-refractivity contribution is -0.124. The highest BCUT2D eigenvalue weighted by Crippen LogP contribution is 2.36. The molecule has 0 radical (unpaired) electrons. The molecule has 1 saturated carbocycles. The highest BCUT2D eigenvalue weighted by Gasteiger charge is 2.39. The quantitative estimate of drug-likeness (QED) is 0.900. The van der Waals surface area contributed by atoms with Crippen LogP contribution in [-0.2, 0) is 11.2 Å². The van der Waals surface area contributed by atoms with Crippen molar-refractivity contribution in [3.05, 3.63) is 35.7 Å². The number of aromatic nitrogens is 4. The van der Waals surface area contributed by atoms with Crippen molar-refractivity contribution in [3.8, 4) is 6.07 Å². The summed E-state index contributed by atoms with van der Waals surface area (Å²) in [5, 5.41) is 26.1. The lowest BCUT2D eigenvalue weighted by Gasteiger charge is -2.29. The van der Waals surface area contributed by atoms with Gasteiger partial charge < -0.3 is 5.32 Å². The van der Waals surface area contributed by atoms with E-state index in [2.05, 4.69) is 32.0 Å². The Morgan fingerprint density at radius 2 is 2.00 bits per heavy atom. The van der Waals surface area contributed by atoms with Gasteiger partial charge in [-0.3, -0.25) is 4.79 Å². The minimum atomic E-state index is -0.873. The molecule has 7 heteroatoms. The number of nitriles is 1. The minimum absolute atomic E-state index is 0.189. The second-order valence-corrected chi connectivity index (χ2v) is 5.91. The van der Waals surface area contributed by atoms with Crippen molar-refractivity contribution in [2.75, 3.05) is 5.32 Å². The van der Waals surface area contributed by atoms with Crippen LogP contribution in [0.1, 0.15) is 43.5 Å². The van der Waals surface area contributed by atoms with Gasteiger partial charge in [0, 0.05) is 12.1 Å². The molecule has 0 unspecified atom stereocenters. The molecule has 0 atom stereocenters. The molecule has 1 aromatic carbocycles. The van der Waals surface area contributed by atoms with Crippen LogP contribution in [-0.4, -0.2) is 26.5 Å². The molecule has 23 heavy (non-hydrogen) atoms. The first kappa shape index (κ1) is 15.2. The van der Waals surface area contributed by atoms with Crippen LogP contribution in [0.25, 0.3) is 0 Å². The largest absolute Gasteiger partial charge is 0.325 e. The van der Waals surface area contributed by atoms with Gasteiger partial charge in [0.15, 0.2) is 5.82 Å². The zero-order valence-electron chi connectivity index (χ0n) is 12.7. The van der Waals surface area contributed by atoms with Gasteiger partial charge in [-0.25, -0.2) is 0 Å². The molecular weight excluding hydrogens is 292 g/mol. The fraction of sp³-hybridized carbons (Fsp3) is 0.438. The Hall–Kier alpha value is -2.75. The summed E-state index contributed by atoms with van der Waals surface area (Å²) in [6.45, 7) is 0. The zero-order chi connectivity index (χ0) is 16.1. The molecule has 1 aliphatic carbocycles. The van der Waals surface area contributed by atoms with E-state index in [9.17, 15) is 10.1 Å². The summed E-state index contributed by atoms with van der Waals surface area (Å²) in [6.07, 6.45) is 4.83. The lowest BCUT2D eigenvalue weighted by Crippen LogP contribution is -2.36. The average molecular weight is 310 g/mol. The van der Waals surface area contributed by atoms with Crippen LogP contribution in [0.5, 0.6) is 0 Å². The normalized spacial score (nSPS) is 16.5. The van der Waals surface area contributed by atoms with Crippen molar-refractivity contribution in [1.82, 2.24) is 20.6 Å². The predicted octanol–water partition coefficient (Wildman–Crippen LogP) is 2.20. The molecule has 1 heterocycles. The van der Waals surface area contributed by atoms with Gasteiger partial charge in [-0.05, 0) is 30.5 Å². The second-order valence-electron chi connectivity index (χ2n) is 5.91. The van der Waals surface area contributed by atoms with Crippen LogP contribution < -0.4 is 5.32 Å². The minimum Gasteiger partial charge on any atom is -0.325 e. The molecule has 3 rings (SSSR count). The van der Waals surface area contributed by atoms with Crippen molar-refractivity contribution in [1.29, 1.82) is 5.26 Å². The molecule has 0 saturated heterocycles. The number of carbonyl (C=O) groups is 1. The van der Waals surface area contributed by atoms with Gasteiger partial charge >= 0.3 is 0 Å². The second kappa shape index (κ2) is 6.57. The van der Waals surface area contributed by atoms with Crippen molar-refractivity contribution in [2.24, 2.45) is 5.41 Å². The molecule has 1 aromatic heterocycles. The van der Waals surface area contributed by atoms with E-state index in [1.165, 1.54) is 0 Å². The molecule has 118 valence electrons. The zero-order valence-corrected chi connectivity index (χ0v) is 12.7. The van der Waals surface area contributed by atoms with Crippen molar-refractivity contribution in [3.63, 3.8) is 0 Å². The summed E-state index contributed by atoms with van der Waals surface area (Å²) in [5.41, 5.74) is 0.853.